The van der Waals surface area contributed by atoms with Crippen molar-refractivity contribution in [2.75, 3.05) is 13.1 Å². The third-order valence-electron chi connectivity index (χ3n) is 2.39. The molecule has 0 aromatic carbocycles. The summed E-state index contributed by atoms with van der Waals surface area (Å²) < 4.78 is 0. The van der Waals surface area contributed by atoms with Gasteiger partial charge in [-0.15, -0.1) is 24.8 Å². The third-order valence-corrected chi connectivity index (χ3v) is 2.39. The summed E-state index contributed by atoms with van der Waals surface area (Å²) in [5.74, 6) is -0.0537. The molecular formula is C12H21Cl2N3O. The first kappa shape index (κ1) is 19.5. The number of nitrogens with one attached hydrogen (secondary N) is 1. The maximum absolute atomic E-state index is 11.8. The van der Waals surface area contributed by atoms with Crippen molar-refractivity contribution in [2.24, 2.45) is 5.73 Å². The van der Waals surface area contributed by atoms with Gasteiger partial charge >= 0.3 is 0 Å². The van der Waals surface area contributed by atoms with Crippen molar-refractivity contribution in [1.29, 1.82) is 0 Å². The number of aromatic nitrogens is 1. The van der Waals surface area contributed by atoms with E-state index in [0.29, 0.717) is 18.7 Å². The zero-order valence-electron chi connectivity index (χ0n) is 10.7. The number of nitrogens with two attached hydrogens (primary N) is 1. The summed E-state index contributed by atoms with van der Waals surface area (Å²) in [6, 6.07) is 3.66. The van der Waals surface area contributed by atoms with Gasteiger partial charge in [-0.25, -0.2) is 0 Å². The van der Waals surface area contributed by atoms with Gasteiger partial charge in [0, 0.05) is 12.2 Å². The highest BCUT2D eigenvalue weighted by molar-refractivity contribution is 5.95. The zero-order chi connectivity index (χ0) is 12.0. The Bertz CT molecular complexity index is 372. The van der Waals surface area contributed by atoms with Crippen LogP contribution in [0.4, 0.5) is 0 Å². The van der Waals surface area contributed by atoms with E-state index in [0.717, 1.165) is 24.2 Å². The standard InChI is InChI=1S/C12H19N3O.2ClH/c1-9-5-6-11(10(2)15-9)12(16)14-8-4-3-7-13;;/h5-6H,3-4,7-8,13H2,1-2H3,(H,14,16);2*1H. The van der Waals surface area contributed by atoms with Gasteiger partial charge in [-0.1, -0.05) is 0 Å². The van der Waals surface area contributed by atoms with E-state index in [1.54, 1.807) is 0 Å². The fraction of sp³-hybridized carbons (Fsp3) is 0.500. The highest BCUT2D eigenvalue weighted by Gasteiger charge is 2.08. The molecule has 0 spiro atoms. The number of hydrogen-bond donors (Lipinski definition) is 2. The average Bonchev–Trinajstić information content (AvgIpc) is 2.24. The molecule has 1 amide bonds. The van der Waals surface area contributed by atoms with Gasteiger partial charge in [0.05, 0.1) is 11.3 Å². The fourth-order valence-electron chi connectivity index (χ4n) is 1.49. The predicted octanol–water partition coefficient (Wildman–Crippen LogP) is 2.01. The fourth-order valence-corrected chi connectivity index (χ4v) is 1.49. The number of unbranched alkanes of at least 4 members (excludes halogenated alkanes) is 1. The van der Waals surface area contributed by atoms with Gasteiger partial charge in [0.15, 0.2) is 0 Å². The van der Waals surface area contributed by atoms with E-state index in [9.17, 15) is 4.79 Å². The first-order valence-corrected chi connectivity index (χ1v) is 5.57. The molecule has 1 aromatic heterocycles. The van der Waals surface area contributed by atoms with Crippen LogP contribution in [-0.4, -0.2) is 24.0 Å². The van der Waals surface area contributed by atoms with Gasteiger partial charge in [-0.05, 0) is 45.4 Å². The van der Waals surface area contributed by atoms with Crippen LogP contribution in [0.1, 0.15) is 34.6 Å². The van der Waals surface area contributed by atoms with Crippen molar-refractivity contribution in [2.45, 2.75) is 26.7 Å². The zero-order valence-corrected chi connectivity index (χ0v) is 12.4. The Morgan fingerprint density at radius 3 is 2.50 bits per heavy atom. The lowest BCUT2D eigenvalue weighted by atomic mass is 10.1. The van der Waals surface area contributed by atoms with Crippen LogP contribution in [0.25, 0.3) is 0 Å². The molecule has 0 saturated carbocycles. The Morgan fingerprint density at radius 1 is 1.28 bits per heavy atom. The van der Waals surface area contributed by atoms with E-state index in [2.05, 4.69) is 10.3 Å². The number of rotatable bonds is 5. The van der Waals surface area contributed by atoms with Gasteiger partial charge in [0.2, 0.25) is 0 Å². The molecule has 6 heteroatoms. The second-order valence-corrected chi connectivity index (χ2v) is 3.84. The summed E-state index contributed by atoms with van der Waals surface area (Å²) in [6.07, 6.45) is 1.85. The lowest BCUT2D eigenvalue weighted by Gasteiger charge is -2.07. The van der Waals surface area contributed by atoms with Crippen LogP contribution in [-0.2, 0) is 0 Å². The number of aryl methyl sites for hydroxylation is 2. The number of hydrogen-bond acceptors (Lipinski definition) is 3. The monoisotopic (exact) mass is 293 g/mol. The summed E-state index contributed by atoms with van der Waals surface area (Å²) in [5, 5.41) is 2.86. The van der Waals surface area contributed by atoms with Crippen molar-refractivity contribution in [3.8, 4) is 0 Å². The molecule has 4 nitrogen and oxygen atoms in total. The molecule has 0 aliphatic heterocycles. The summed E-state index contributed by atoms with van der Waals surface area (Å²) in [6.45, 7) is 5.10. The molecule has 0 aliphatic carbocycles. The molecule has 1 aromatic rings. The Labute approximate surface area is 121 Å². The number of pyridine rings is 1. The second kappa shape index (κ2) is 10.1. The SMILES string of the molecule is Cc1ccc(C(=O)NCCCCN)c(C)n1.Cl.Cl. The normalized spacial score (nSPS) is 9.06. The van der Waals surface area contributed by atoms with Crippen molar-refractivity contribution >= 4 is 30.7 Å². The summed E-state index contributed by atoms with van der Waals surface area (Å²) in [4.78, 5) is 16.0. The van der Waals surface area contributed by atoms with Crippen LogP contribution >= 0.6 is 24.8 Å². The molecule has 3 N–H and O–H groups in total. The number of carbonyl (C=O) groups is 1. The number of carbonyl (C=O) groups excluding carboxylic acids is 1. The van der Waals surface area contributed by atoms with E-state index >= 15 is 0 Å². The molecule has 104 valence electrons. The van der Waals surface area contributed by atoms with Crippen molar-refractivity contribution in [1.82, 2.24) is 10.3 Å². The largest absolute Gasteiger partial charge is 0.352 e. The Kier molecular flexibility index (Phi) is 11.0. The maximum Gasteiger partial charge on any atom is 0.253 e. The third kappa shape index (κ3) is 6.19. The van der Waals surface area contributed by atoms with Crippen LogP contribution < -0.4 is 11.1 Å². The maximum atomic E-state index is 11.8. The quantitative estimate of drug-likeness (QED) is 0.816. The van der Waals surface area contributed by atoms with Crippen LogP contribution in [0.2, 0.25) is 0 Å². The molecule has 0 atom stereocenters. The lowest BCUT2D eigenvalue weighted by molar-refractivity contribution is 0.0952. The lowest BCUT2D eigenvalue weighted by Crippen LogP contribution is -2.25. The topological polar surface area (TPSA) is 68.0 Å². The van der Waals surface area contributed by atoms with E-state index in [-0.39, 0.29) is 30.7 Å². The van der Waals surface area contributed by atoms with Crippen molar-refractivity contribution < 1.29 is 4.79 Å². The van der Waals surface area contributed by atoms with E-state index in [4.69, 9.17) is 5.73 Å². The van der Waals surface area contributed by atoms with Crippen LogP contribution in [0.15, 0.2) is 12.1 Å². The molecule has 0 aliphatic rings. The molecule has 0 unspecified atom stereocenters. The number of nitrogens with zero attached hydrogens (tertiary/aromatic N) is 1. The van der Waals surface area contributed by atoms with Crippen LogP contribution in [0.5, 0.6) is 0 Å². The van der Waals surface area contributed by atoms with Gasteiger partial charge in [0.25, 0.3) is 5.91 Å². The molecule has 18 heavy (non-hydrogen) atoms. The predicted molar refractivity (Wildman–Crippen MR) is 78.8 cm³/mol. The molecule has 1 rings (SSSR count). The molecule has 1 heterocycles. The van der Waals surface area contributed by atoms with Gasteiger partial charge in [0.1, 0.15) is 0 Å². The molecule has 0 saturated heterocycles. The minimum absolute atomic E-state index is 0. The highest BCUT2D eigenvalue weighted by atomic mass is 35.5. The molecule has 0 bridgehead atoms. The number of amides is 1. The first-order valence-electron chi connectivity index (χ1n) is 5.57. The van der Waals surface area contributed by atoms with Crippen molar-refractivity contribution in [3.05, 3.63) is 29.1 Å². The minimum Gasteiger partial charge on any atom is -0.352 e. The molecule has 0 fully saturated rings. The Hall–Kier alpha value is -0.840. The number of halogens is 2. The molecular weight excluding hydrogens is 273 g/mol. The average molecular weight is 294 g/mol. The van der Waals surface area contributed by atoms with Gasteiger partial charge in [-0.2, -0.15) is 0 Å². The first-order chi connectivity index (χ1) is 7.65. The Morgan fingerprint density at radius 2 is 1.94 bits per heavy atom. The molecule has 0 radical (unpaired) electrons. The summed E-state index contributed by atoms with van der Waals surface area (Å²) in [5.41, 5.74) is 7.73. The highest BCUT2D eigenvalue weighted by Crippen LogP contribution is 2.06. The van der Waals surface area contributed by atoms with E-state index in [1.807, 2.05) is 26.0 Å². The minimum atomic E-state index is -0.0537. The van der Waals surface area contributed by atoms with Gasteiger partial charge < -0.3 is 11.1 Å². The summed E-state index contributed by atoms with van der Waals surface area (Å²) >= 11 is 0. The van der Waals surface area contributed by atoms with E-state index in [1.165, 1.54) is 0 Å². The van der Waals surface area contributed by atoms with E-state index < -0.39 is 0 Å². The smallest absolute Gasteiger partial charge is 0.253 e. The Balaban J connectivity index is 0. The van der Waals surface area contributed by atoms with Gasteiger partial charge in [-0.3, -0.25) is 9.78 Å². The van der Waals surface area contributed by atoms with Crippen LogP contribution in [0, 0.1) is 13.8 Å². The van der Waals surface area contributed by atoms with Crippen LogP contribution in [0.3, 0.4) is 0 Å². The summed E-state index contributed by atoms with van der Waals surface area (Å²) in [7, 11) is 0. The van der Waals surface area contributed by atoms with Crippen molar-refractivity contribution in [3.63, 3.8) is 0 Å². The second-order valence-electron chi connectivity index (χ2n) is 3.84.